The van der Waals surface area contributed by atoms with Gasteiger partial charge in [-0.05, 0) is 79.1 Å². The number of aliphatic hydroxyl groups is 1. The topological polar surface area (TPSA) is 122 Å². The lowest BCUT2D eigenvalue weighted by atomic mass is 9.87. The maximum Gasteiger partial charge on any atom is 0.243 e. The molecule has 2 atom stereocenters. The number of rotatable bonds is 11. The van der Waals surface area contributed by atoms with Crippen LogP contribution in [-0.4, -0.2) is 82.6 Å². The average Bonchev–Trinajstić information content (AvgIpc) is 3.39. The molecule has 2 unspecified atom stereocenters. The van der Waals surface area contributed by atoms with Crippen molar-refractivity contribution < 1.29 is 31.4 Å². The zero-order chi connectivity index (χ0) is 30.1. The number of sulfone groups is 1. The lowest BCUT2D eigenvalue weighted by Crippen LogP contribution is -2.47. The second kappa shape index (κ2) is 12.5. The van der Waals surface area contributed by atoms with Crippen molar-refractivity contribution in [3.05, 3.63) is 66.7 Å². The molecule has 1 saturated carbocycles. The molecule has 0 bridgehead atoms. The van der Waals surface area contributed by atoms with E-state index in [1.165, 1.54) is 6.07 Å². The molecule has 2 N–H and O–H groups in total. The van der Waals surface area contributed by atoms with Gasteiger partial charge in [-0.3, -0.25) is 0 Å². The zero-order valence-corrected chi connectivity index (χ0v) is 25.9. The third-order valence-electron chi connectivity index (χ3n) is 9.13. The van der Waals surface area contributed by atoms with E-state index < -0.39 is 26.0 Å². The molecule has 2 heterocycles. The van der Waals surface area contributed by atoms with Crippen LogP contribution in [0, 0.1) is 5.92 Å². The van der Waals surface area contributed by atoms with E-state index in [9.17, 15) is 21.9 Å². The van der Waals surface area contributed by atoms with Gasteiger partial charge in [-0.15, -0.1) is 0 Å². The predicted octanol–water partition coefficient (Wildman–Crippen LogP) is 3.76. The molecule has 1 aliphatic carbocycles. The van der Waals surface area contributed by atoms with Crippen LogP contribution in [0.4, 0.5) is 0 Å². The Morgan fingerprint density at radius 1 is 0.953 bits per heavy atom. The first kappa shape index (κ1) is 30.5. The van der Waals surface area contributed by atoms with Crippen LogP contribution in [-0.2, 0) is 24.6 Å². The second-order valence-electron chi connectivity index (χ2n) is 12.2. The molecule has 11 heteroatoms. The standard InChI is InChI=1S/C32H40N2O7S2/c35-28(22-40-29-9-4-10-30(18-29)42(36,37)23-24-5-3-6-24)20-33-27-19-32(41-21-27)13-15-34(16-14-32)43(38,39)31-12-11-25-7-1-2-8-26(25)17-31/h1-2,4,7-12,17-18,24,27-28,33,35H,3,5-6,13-16,19-23H2. The Hall–Kier alpha value is -2.54. The smallest absolute Gasteiger partial charge is 0.243 e. The van der Waals surface area contributed by atoms with Crippen molar-refractivity contribution >= 4 is 30.6 Å². The average molecular weight is 629 g/mol. The highest BCUT2D eigenvalue weighted by Crippen LogP contribution is 2.37. The maximum absolute atomic E-state index is 13.4. The molecule has 3 fully saturated rings. The van der Waals surface area contributed by atoms with E-state index in [-0.39, 0.29) is 34.8 Å². The maximum atomic E-state index is 13.4. The Bertz CT molecular complexity index is 1650. The third kappa shape index (κ3) is 6.92. The Balaban J connectivity index is 0.957. The first-order valence-corrected chi connectivity index (χ1v) is 18.2. The van der Waals surface area contributed by atoms with E-state index in [1.807, 2.05) is 30.3 Å². The number of hydrogen-bond donors (Lipinski definition) is 2. The molecule has 3 aromatic rings. The highest BCUT2D eigenvalue weighted by atomic mass is 32.2. The van der Waals surface area contributed by atoms with Crippen molar-refractivity contribution in [2.45, 2.75) is 66.1 Å². The van der Waals surface area contributed by atoms with Gasteiger partial charge < -0.3 is 19.9 Å². The number of hydrogen-bond acceptors (Lipinski definition) is 8. The number of fused-ring (bicyclic) bond motifs is 1. The van der Waals surface area contributed by atoms with Crippen LogP contribution in [0.15, 0.2) is 76.5 Å². The van der Waals surface area contributed by atoms with Crippen LogP contribution in [0.3, 0.4) is 0 Å². The van der Waals surface area contributed by atoms with Crippen molar-refractivity contribution in [1.82, 2.24) is 9.62 Å². The third-order valence-corrected chi connectivity index (χ3v) is 12.9. The molecule has 0 amide bonds. The van der Waals surface area contributed by atoms with Gasteiger partial charge in [0.1, 0.15) is 18.5 Å². The minimum atomic E-state index is -3.60. The molecule has 43 heavy (non-hydrogen) atoms. The van der Waals surface area contributed by atoms with Crippen molar-refractivity contribution in [2.24, 2.45) is 5.92 Å². The fourth-order valence-corrected chi connectivity index (χ4v) is 9.52. The van der Waals surface area contributed by atoms with Crippen molar-refractivity contribution in [1.29, 1.82) is 0 Å². The summed E-state index contributed by atoms with van der Waals surface area (Å²) in [5, 5.41) is 15.8. The summed E-state index contributed by atoms with van der Waals surface area (Å²) < 4.78 is 65.7. The molecule has 3 aliphatic rings. The fraction of sp³-hybridized carbons (Fsp3) is 0.500. The minimum Gasteiger partial charge on any atom is -0.491 e. The number of aliphatic hydroxyl groups excluding tert-OH is 1. The summed E-state index contributed by atoms with van der Waals surface area (Å²) in [6, 6.07) is 19.5. The van der Waals surface area contributed by atoms with Crippen LogP contribution >= 0.6 is 0 Å². The van der Waals surface area contributed by atoms with Crippen molar-refractivity contribution in [3.8, 4) is 5.75 Å². The summed E-state index contributed by atoms with van der Waals surface area (Å²) in [6.45, 7) is 1.61. The van der Waals surface area contributed by atoms with Crippen molar-refractivity contribution in [3.63, 3.8) is 0 Å². The van der Waals surface area contributed by atoms with Gasteiger partial charge >= 0.3 is 0 Å². The van der Waals surface area contributed by atoms with E-state index in [4.69, 9.17) is 9.47 Å². The van der Waals surface area contributed by atoms with Gasteiger partial charge in [-0.1, -0.05) is 42.8 Å². The van der Waals surface area contributed by atoms with Crippen LogP contribution < -0.4 is 10.1 Å². The molecule has 2 saturated heterocycles. The van der Waals surface area contributed by atoms with Crippen LogP contribution in [0.2, 0.25) is 0 Å². The number of sulfonamides is 1. The Morgan fingerprint density at radius 2 is 1.72 bits per heavy atom. The second-order valence-corrected chi connectivity index (χ2v) is 16.2. The number of nitrogens with one attached hydrogen (secondary N) is 1. The molecule has 9 nitrogen and oxygen atoms in total. The van der Waals surface area contributed by atoms with Crippen LogP contribution in [0.1, 0.15) is 38.5 Å². The molecule has 6 rings (SSSR count). The minimum absolute atomic E-state index is 0.0272. The molecular formula is C32H40N2O7S2. The molecule has 1 spiro atoms. The Morgan fingerprint density at radius 3 is 2.47 bits per heavy atom. The normalized spacial score (nSPS) is 22.0. The van der Waals surface area contributed by atoms with Gasteiger partial charge in [-0.2, -0.15) is 4.31 Å². The molecule has 3 aromatic carbocycles. The summed E-state index contributed by atoms with van der Waals surface area (Å²) in [6.07, 6.45) is 4.21. The SMILES string of the molecule is O=S(=O)(CC1CCC1)c1cccc(OCC(O)CNC2COC3(CCN(S(=O)(=O)c4ccc5ccccc5c4)CC3)C2)c1. The summed E-state index contributed by atoms with van der Waals surface area (Å²) in [4.78, 5) is 0.571. The first-order valence-electron chi connectivity index (χ1n) is 15.1. The van der Waals surface area contributed by atoms with Gasteiger partial charge in [0.05, 0.1) is 27.8 Å². The van der Waals surface area contributed by atoms with Crippen LogP contribution in [0.5, 0.6) is 5.75 Å². The molecule has 2 aliphatic heterocycles. The summed E-state index contributed by atoms with van der Waals surface area (Å²) >= 11 is 0. The molecule has 0 aromatic heterocycles. The quantitative estimate of drug-likeness (QED) is 0.329. The largest absolute Gasteiger partial charge is 0.491 e. The molecule has 232 valence electrons. The van der Waals surface area contributed by atoms with E-state index in [1.54, 1.807) is 34.6 Å². The van der Waals surface area contributed by atoms with E-state index >= 15 is 0 Å². The number of benzene rings is 3. The Labute approximate surface area is 254 Å². The first-order chi connectivity index (χ1) is 20.6. The molecular weight excluding hydrogens is 588 g/mol. The van der Waals surface area contributed by atoms with Gasteiger partial charge in [0.25, 0.3) is 0 Å². The van der Waals surface area contributed by atoms with Gasteiger partial charge in [0, 0.05) is 25.7 Å². The summed E-state index contributed by atoms with van der Waals surface area (Å²) in [7, 11) is -6.95. The van der Waals surface area contributed by atoms with E-state index in [2.05, 4.69) is 5.32 Å². The van der Waals surface area contributed by atoms with E-state index in [0.717, 1.165) is 36.5 Å². The number of nitrogens with zero attached hydrogens (tertiary/aromatic N) is 1. The fourth-order valence-electron chi connectivity index (χ4n) is 6.31. The lowest BCUT2D eigenvalue weighted by Gasteiger charge is -2.38. The number of piperidine rings is 1. The summed E-state index contributed by atoms with van der Waals surface area (Å²) in [5.41, 5.74) is -0.375. The highest BCUT2D eigenvalue weighted by molar-refractivity contribution is 7.91. The zero-order valence-electron chi connectivity index (χ0n) is 24.2. The lowest BCUT2D eigenvalue weighted by molar-refractivity contribution is -0.0312. The Kier molecular flexibility index (Phi) is 8.83. The van der Waals surface area contributed by atoms with Crippen molar-refractivity contribution in [2.75, 3.05) is 38.6 Å². The predicted molar refractivity (Wildman–Crippen MR) is 164 cm³/mol. The number of ether oxygens (including phenoxy) is 2. The van der Waals surface area contributed by atoms with Gasteiger partial charge in [-0.25, -0.2) is 16.8 Å². The summed E-state index contributed by atoms with van der Waals surface area (Å²) in [5.74, 6) is 0.839. The highest BCUT2D eigenvalue weighted by Gasteiger charge is 2.44. The van der Waals surface area contributed by atoms with Gasteiger partial charge in [0.15, 0.2) is 9.84 Å². The van der Waals surface area contributed by atoms with Crippen LogP contribution in [0.25, 0.3) is 10.8 Å². The van der Waals surface area contributed by atoms with Gasteiger partial charge in [0.2, 0.25) is 10.0 Å². The molecule has 0 radical (unpaired) electrons. The van der Waals surface area contributed by atoms with E-state index in [0.29, 0.717) is 49.7 Å². The monoisotopic (exact) mass is 628 g/mol.